The Morgan fingerprint density at radius 1 is 1.12 bits per heavy atom. The molecule has 1 N–H and O–H groups in total. The number of hydrogen-bond donors (Lipinski definition) is 1. The molecule has 0 saturated carbocycles. The van der Waals surface area contributed by atoms with Gasteiger partial charge in [0.05, 0.1) is 12.6 Å². The van der Waals surface area contributed by atoms with Crippen molar-refractivity contribution in [3.05, 3.63) is 70.4 Å². The SMILES string of the molecule is C[C@H](NC(=O)CN(C)Cc1cccs1)c1cccc2ccccc12. The summed E-state index contributed by atoms with van der Waals surface area (Å²) < 4.78 is 0. The number of fused-ring (bicyclic) bond motifs is 1. The third kappa shape index (κ3) is 4.02. The summed E-state index contributed by atoms with van der Waals surface area (Å²) in [5, 5.41) is 7.58. The van der Waals surface area contributed by atoms with Crippen LogP contribution in [-0.4, -0.2) is 24.4 Å². The van der Waals surface area contributed by atoms with E-state index in [1.165, 1.54) is 15.6 Å². The number of amides is 1. The van der Waals surface area contributed by atoms with E-state index in [0.29, 0.717) is 6.54 Å². The second-order valence-electron chi connectivity index (χ2n) is 6.11. The molecule has 3 rings (SSSR count). The Morgan fingerprint density at radius 2 is 1.92 bits per heavy atom. The predicted molar refractivity (Wildman–Crippen MR) is 101 cm³/mol. The van der Waals surface area contributed by atoms with Gasteiger partial charge in [0, 0.05) is 11.4 Å². The fraction of sp³-hybridized carbons (Fsp3) is 0.250. The summed E-state index contributed by atoms with van der Waals surface area (Å²) in [4.78, 5) is 15.7. The van der Waals surface area contributed by atoms with E-state index in [1.54, 1.807) is 11.3 Å². The zero-order valence-corrected chi connectivity index (χ0v) is 14.8. The highest BCUT2D eigenvalue weighted by atomic mass is 32.1. The van der Waals surface area contributed by atoms with Gasteiger partial charge in [-0.25, -0.2) is 0 Å². The third-order valence-corrected chi connectivity index (χ3v) is 4.95. The van der Waals surface area contributed by atoms with E-state index in [0.717, 1.165) is 12.1 Å². The molecule has 1 atom stereocenters. The first-order valence-electron chi connectivity index (χ1n) is 8.11. The summed E-state index contributed by atoms with van der Waals surface area (Å²) in [6, 6.07) is 18.6. The molecule has 4 heteroatoms. The largest absolute Gasteiger partial charge is 0.348 e. The molecule has 3 nitrogen and oxygen atoms in total. The van der Waals surface area contributed by atoms with E-state index < -0.39 is 0 Å². The van der Waals surface area contributed by atoms with Crippen LogP contribution in [0, 0.1) is 0 Å². The summed E-state index contributed by atoms with van der Waals surface area (Å²) >= 11 is 1.72. The van der Waals surface area contributed by atoms with Gasteiger partial charge in [-0.1, -0.05) is 48.5 Å². The van der Waals surface area contributed by atoms with Crippen LogP contribution in [0.3, 0.4) is 0 Å². The summed E-state index contributed by atoms with van der Waals surface area (Å²) in [6.07, 6.45) is 0. The van der Waals surface area contributed by atoms with Gasteiger partial charge in [-0.05, 0) is 41.8 Å². The summed E-state index contributed by atoms with van der Waals surface area (Å²) in [5.41, 5.74) is 1.15. The molecular weight excluding hydrogens is 316 g/mol. The summed E-state index contributed by atoms with van der Waals surface area (Å²) in [5.74, 6) is 0.0505. The molecule has 1 heterocycles. The fourth-order valence-corrected chi connectivity index (χ4v) is 3.75. The number of hydrogen-bond acceptors (Lipinski definition) is 3. The average molecular weight is 338 g/mol. The van der Waals surface area contributed by atoms with Crippen molar-refractivity contribution in [2.45, 2.75) is 19.5 Å². The molecule has 1 aromatic heterocycles. The lowest BCUT2D eigenvalue weighted by molar-refractivity contribution is -0.122. The van der Waals surface area contributed by atoms with Gasteiger partial charge in [-0.2, -0.15) is 0 Å². The molecule has 0 spiro atoms. The molecule has 0 unspecified atom stereocenters. The van der Waals surface area contributed by atoms with E-state index >= 15 is 0 Å². The van der Waals surface area contributed by atoms with Crippen molar-refractivity contribution in [3.63, 3.8) is 0 Å². The first-order chi connectivity index (χ1) is 11.6. The van der Waals surface area contributed by atoms with Gasteiger partial charge in [0.15, 0.2) is 0 Å². The van der Waals surface area contributed by atoms with Crippen molar-refractivity contribution < 1.29 is 4.79 Å². The van der Waals surface area contributed by atoms with E-state index in [1.807, 2.05) is 43.1 Å². The number of nitrogens with one attached hydrogen (secondary N) is 1. The maximum absolute atomic E-state index is 12.4. The first-order valence-corrected chi connectivity index (χ1v) is 8.99. The minimum Gasteiger partial charge on any atom is -0.348 e. The average Bonchev–Trinajstić information content (AvgIpc) is 3.06. The number of thiophene rings is 1. The Balaban J connectivity index is 1.63. The van der Waals surface area contributed by atoms with Gasteiger partial charge in [0.1, 0.15) is 0 Å². The van der Waals surface area contributed by atoms with E-state index in [9.17, 15) is 4.79 Å². The maximum atomic E-state index is 12.4. The second kappa shape index (κ2) is 7.60. The fourth-order valence-electron chi connectivity index (χ4n) is 2.96. The van der Waals surface area contributed by atoms with Crippen molar-refractivity contribution in [2.24, 2.45) is 0 Å². The van der Waals surface area contributed by atoms with Gasteiger partial charge in [-0.3, -0.25) is 9.69 Å². The molecule has 124 valence electrons. The Morgan fingerprint density at radius 3 is 2.71 bits per heavy atom. The lowest BCUT2D eigenvalue weighted by Gasteiger charge is -2.20. The molecule has 0 saturated heterocycles. The first kappa shape index (κ1) is 16.7. The number of carbonyl (C=O) groups is 1. The predicted octanol–water partition coefficient (Wildman–Crippen LogP) is 4.21. The third-order valence-electron chi connectivity index (χ3n) is 4.09. The molecular formula is C20H22N2OS. The van der Waals surface area contributed by atoms with Gasteiger partial charge in [0.25, 0.3) is 0 Å². The Labute approximate surface area is 146 Å². The molecule has 0 aliphatic rings. The van der Waals surface area contributed by atoms with Crippen LogP contribution in [-0.2, 0) is 11.3 Å². The monoisotopic (exact) mass is 338 g/mol. The molecule has 0 radical (unpaired) electrons. The van der Waals surface area contributed by atoms with Crippen LogP contribution in [0.2, 0.25) is 0 Å². The molecule has 0 fully saturated rings. The molecule has 2 aromatic carbocycles. The quantitative estimate of drug-likeness (QED) is 0.730. The maximum Gasteiger partial charge on any atom is 0.234 e. The van der Waals surface area contributed by atoms with Crippen molar-refractivity contribution in [3.8, 4) is 0 Å². The van der Waals surface area contributed by atoms with Crippen LogP contribution in [0.25, 0.3) is 10.8 Å². The van der Waals surface area contributed by atoms with Crippen LogP contribution in [0.15, 0.2) is 60.0 Å². The summed E-state index contributed by atoms with van der Waals surface area (Å²) in [7, 11) is 1.97. The van der Waals surface area contributed by atoms with Crippen LogP contribution >= 0.6 is 11.3 Å². The van der Waals surface area contributed by atoms with E-state index in [4.69, 9.17) is 0 Å². The molecule has 0 aliphatic heterocycles. The van der Waals surface area contributed by atoms with Crippen LogP contribution in [0.4, 0.5) is 0 Å². The molecule has 0 bridgehead atoms. The topological polar surface area (TPSA) is 32.3 Å². The number of rotatable bonds is 6. The van der Waals surface area contributed by atoms with Crippen molar-refractivity contribution in [2.75, 3.05) is 13.6 Å². The number of likely N-dealkylation sites (N-methyl/N-ethyl adjacent to an activating group) is 1. The standard InChI is InChI=1S/C20H22N2OS/c1-15(18-11-5-8-16-7-3-4-10-19(16)18)21-20(23)14-22(2)13-17-9-6-12-24-17/h3-12,15H,13-14H2,1-2H3,(H,21,23)/t15-/m0/s1. The zero-order valence-electron chi connectivity index (χ0n) is 14.0. The minimum absolute atomic E-state index is 0.0151. The molecule has 24 heavy (non-hydrogen) atoms. The Bertz CT molecular complexity index is 808. The number of carbonyl (C=O) groups excluding carboxylic acids is 1. The minimum atomic E-state index is -0.0151. The molecule has 1 amide bonds. The highest BCUT2D eigenvalue weighted by Gasteiger charge is 2.14. The normalized spacial score (nSPS) is 12.5. The molecule has 0 aliphatic carbocycles. The number of benzene rings is 2. The Kier molecular flexibility index (Phi) is 5.28. The highest BCUT2D eigenvalue weighted by molar-refractivity contribution is 7.09. The van der Waals surface area contributed by atoms with Crippen molar-refractivity contribution in [1.29, 1.82) is 0 Å². The molecule has 3 aromatic rings. The van der Waals surface area contributed by atoms with Crippen LogP contribution < -0.4 is 5.32 Å². The van der Waals surface area contributed by atoms with Crippen LogP contribution in [0.5, 0.6) is 0 Å². The van der Waals surface area contributed by atoms with Crippen molar-refractivity contribution >= 4 is 28.0 Å². The van der Waals surface area contributed by atoms with E-state index in [-0.39, 0.29) is 11.9 Å². The smallest absolute Gasteiger partial charge is 0.234 e. The summed E-state index contributed by atoms with van der Waals surface area (Å²) in [6.45, 7) is 3.24. The highest BCUT2D eigenvalue weighted by Crippen LogP contribution is 2.24. The van der Waals surface area contributed by atoms with Gasteiger partial charge in [-0.15, -0.1) is 11.3 Å². The second-order valence-corrected chi connectivity index (χ2v) is 7.14. The zero-order chi connectivity index (χ0) is 16.9. The van der Waals surface area contributed by atoms with Gasteiger partial charge >= 0.3 is 0 Å². The van der Waals surface area contributed by atoms with Gasteiger partial charge in [0.2, 0.25) is 5.91 Å². The van der Waals surface area contributed by atoms with Gasteiger partial charge < -0.3 is 5.32 Å². The lowest BCUT2D eigenvalue weighted by Crippen LogP contribution is -2.36. The van der Waals surface area contributed by atoms with Crippen molar-refractivity contribution in [1.82, 2.24) is 10.2 Å². The lowest BCUT2D eigenvalue weighted by atomic mass is 10.00. The van der Waals surface area contributed by atoms with Crippen LogP contribution in [0.1, 0.15) is 23.4 Å². The Hall–Kier alpha value is -2.17. The van der Waals surface area contributed by atoms with E-state index in [2.05, 4.69) is 41.0 Å². The number of nitrogens with zero attached hydrogens (tertiary/aromatic N) is 1.